The molecule has 1 N–H and O–H groups in total. The molecule has 24 heavy (non-hydrogen) atoms. The monoisotopic (exact) mass is 340 g/mol. The fraction of sp³-hybridized carbons (Fsp3) is 0.947. The van der Waals surface area contributed by atoms with E-state index in [9.17, 15) is 4.79 Å². The van der Waals surface area contributed by atoms with E-state index in [1.165, 1.54) is 44.9 Å². The summed E-state index contributed by atoms with van der Waals surface area (Å²) in [5.41, 5.74) is 3.03. The Balaban J connectivity index is 1.66. The number of nitrogens with one attached hydrogen (secondary N) is 1. The van der Waals surface area contributed by atoms with Crippen LogP contribution in [-0.2, 0) is 14.3 Å². The Hall–Kier alpha value is -0.650. The molecule has 2 rings (SSSR count). The van der Waals surface area contributed by atoms with Gasteiger partial charge in [-0.2, -0.15) is 0 Å². The molecule has 0 aromatic rings. The summed E-state index contributed by atoms with van der Waals surface area (Å²) in [6.45, 7) is 5.37. The number of hydrogen-bond acceptors (Lipinski definition) is 4. The van der Waals surface area contributed by atoms with Crippen molar-refractivity contribution >= 4 is 5.91 Å². The first-order valence-corrected chi connectivity index (χ1v) is 10.1. The molecule has 0 aliphatic carbocycles. The fourth-order valence-corrected chi connectivity index (χ4v) is 3.65. The van der Waals surface area contributed by atoms with E-state index >= 15 is 0 Å². The summed E-state index contributed by atoms with van der Waals surface area (Å²) in [5.74, 6) is -0.648. The summed E-state index contributed by atoms with van der Waals surface area (Å²) in [6, 6.07) is 0. The summed E-state index contributed by atoms with van der Waals surface area (Å²) in [6.07, 6.45) is 13.6. The Morgan fingerprint density at radius 2 is 1.58 bits per heavy atom. The molecule has 2 aliphatic rings. The van der Waals surface area contributed by atoms with Gasteiger partial charge in [0.25, 0.3) is 0 Å². The number of piperidine rings is 1. The molecular weight excluding hydrogens is 304 g/mol. The van der Waals surface area contributed by atoms with Crippen LogP contribution in [0.5, 0.6) is 0 Å². The van der Waals surface area contributed by atoms with Crippen molar-refractivity contribution in [3.63, 3.8) is 0 Å². The SMILES string of the molecule is CCCCCCCCCC1(CC(=O)NN2CCCCC2)OCCO1. The maximum absolute atomic E-state index is 12.4. The first-order chi connectivity index (χ1) is 11.7. The maximum atomic E-state index is 12.4. The molecule has 0 bridgehead atoms. The van der Waals surface area contributed by atoms with Gasteiger partial charge in [-0.3, -0.25) is 10.2 Å². The highest BCUT2D eigenvalue weighted by Crippen LogP contribution is 2.30. The highest BCUT2D eigenvalue weighted by molar-refractivity contribution is 5.76. The molecule has 5 nitrogen and oxygen atoms in total. The lowest BCUT2D eigenvalue weighted by molar-refractivity contribution is -0.176. The van der Waals surface area contributed by atoms with Gasteiger partial charge >= 0.3 is 0 Å². The van der Waals surface area contributed by atoms with Crippen molar-refractivity contribution in [1.29, 1.82) is 0 Å². The third kappa shape index (κ3) is 7.08. The minimum Gasteiger partial charge on any atom is -0.347 e. The van der Waals surface area contributed by atoms with Crippen molar-refractivity contribution < 1.29 is 14.3 Å². The number of unbranched alkanes of at least 4 members (excludes halogenated alkanes) is 6. The second kappa shape index (κ2) is 11.1. The van der Waals surface area contributed by atoms with Crippen LogP contribution in [0.4, 0.5) is 0 Å². The maximum Gasteiger partial charge on any atom is 0.239 e. The normalized spacial score (nSPS) is 21.0. The number of hydrogen-bond donors (Lipinski definition) is 1. The van der Waals surface area contributed by atoms with Gasteiger partial charge in [0.1, 0.15) is 0 Å². The second-order valence-electron chi connectivity index (χ2n) is 7.24. The topological polar surface area (TPSA) is 50.8 Å². The summed E-state index contributed by atoms with van der Waals surface area (Å²) >= 11 is 0. The minimum atomic E-state index is -0.677. The summed E-state index contributed by atoms with van der Waals surface area (Å²) in [5, 5.41) is 2.04. The number of carbonyl (C=O) groups is 1. The Kier molecular flexibility index (Phi) is 9.07. The highest BCUT2D eigenvalue weighted by Gasteiger charge is 2.38. The van der Waals surface area contributed by atoms with Gasteiger partial charge in [0.15, 0.2) is 5.79 Å². The molecule has 2 aliphatic heterocycles. The lowest BCUT2D eigenvalue weighted by atomic mass is 10.0. The Labute approximate surface area is 147 Å². The van der Waals surface area contributed by atoms with E-state index in [0.717, 1.165) is 38.8 Å². The molecule has 0 unspecified atom stereocenters. The number of ether oxygens (including phenoxy) is 2. The Bertz CT molecular complexity index is 351. The lowest BCUT2D eigenvalue weighted by Crippen LogP contribution is -2.48. The quantitative estimate of drug-likeness (QED) is 0.582. The molecule has 0 aromatic carbocycles. The van der Waals surface area contributed by atoms with E-state index in [1.54, 1.807) is 0 Å². The molecule has 140 valence electrons. The number of hydrazine groups is 1. The lowest BCUT2D eigenvalue weighted by Gasteiger charge is -2.30. The van der Waals surface area contributed by atoms with Crippen molar-refractivity contribution in [3.8, 4) is 0 Å². The zero-order valence-corrected chi connectivity index (χ0v) is 15.5. The van der Waals surface area contributed by atoms with Gasteiger partial charge in [-0.15, -0.1) is 0 Å². The molecule has 0 atom stereocenters. The van der Waals surface area contributed by atoms with E-state index in [1.807, 2.05) is 5.01 Å². The van der Waals surface area contributed by atoms with Gasteiger partial charge in [-0.25, -0.2) is 5.01 Å². The van der Waals surface area contributed by atoms with Crippen molar-refractivity contribution in [3.05, 3.63) is 0 Å². The standard InChI is InChI=1S/C19H36N2O3/c1-2-3-4-5-6-7-9-12-19(23-15-16-24-19)17-18(22)20-21-13-10-8-11-14-21/h2-17H2,1H3,(H,20,22). The smallest absolute Gasteiger partial charge is 0.239 e. The summed E-state index contributed by atoms with van der Waals surface area (Å²) < 4.78 is 11.7. The molecule has 2 fully saturated rings. The van der Waals surface area contributed by atoms with Crippen LogP contribution in [0.15, 0.2) is 0 Å². The average Bonchev–Trinajstić information content (AvgIpc) is 3.03. The number of nitrogens with zero attached hydrogens (tertiary/aromatic N) is 1. The van der Waals surface area contributed by atoms with Crippen LogP contribution >= 0.6 is 0 Å². The van der Waals surface area contributed by atoms with Crippen LogP contribution in [0, 0.1) is 0 Å². The van der Waals surface area contributed by atoms with Gasteiger partial charge in [-0.05, 0) is 19.3 Å². The molecule has 1 amide bonds. The molecule has 0 saturated carbocycles. The second-order valence-corrected chi connectivity index (χ2v) is 7.24. The third-order valence-corrected chi connectivity index (χ3v) is 5.04. The number of carbonyl (C=O) groups excluding carboxylic acids is 1. The van der Waals surface area contributed by atoms with Gasteiger partial charge in [-0.1, -0.05) is 51.9 Å². The van der Waals surface area contributed by atoms with Gasteiger partial charge in [0.2, 0.25) is 5.91 Å². The van der Waals surface area contributed by atoms with Crippen LogP contribution in [0.1, 0.15) is 84.0 Å². The molecule has 0 radical (unpaired) electrons. The van der Waals surface area contributed by atoms with Crippen LogP contribution in [0.25, 0.3) is 0 Å². The fourth-order valence-electron chi connectivity index (χ4n) is 3.65. The summed E-state index contributed by atoms with van der Waals surface area (Å²) in [7, 11) is 0. The van der Waals surface area contributed by atoms with Gasteiger partial charge < -0.3 is 9.47 Å². The average molecular weight is 341 g/mol. The minimum absolute atomic E-state index is 0.0294. The van der Waals surface area contributed by atoms with Crippen LogP contribution in [0.2, 0.25) is 0 Å². The zero-order chi connectivity index (χ0) is 17.1. The number of amides is 1. The predicted octanol–water partition coefficient (Wildman–Crippen LogP) is 3.78. The Morgan fingerprint density at radius 1 is 0.958 bits per heavy atom. The number of rotatable bonds is 11. The highest BCUT2D eigenvalue weighted by atomic mass is 16.7. The summed E-state index contributed by atoms with van der Waals surface area (Å²) in [4.78, 5) is 12.4. The largest absolute Gasteiger partial charge is 0.347 e. The van der Waals surface area contributed by atoms with E-state index in [4.69, 9.17) is 9.47 Å². The van der Waals surface area contributed by atoms with Crippen molar-refractivity contribution in [1.82, 2.24) is 10.4 Å². The van der Waals surface area contributed by atoms with E-state index in [-0.39, 0.29) is 5.91 Å². The van der Waals surface area contributed by atoms with Crippen LogP contribution < -0.4 is 5.43 Å². The van der Waals surface area contributed by atoms with E-state index in [2.05, 4.69) is 12.3 Å². The molecule has 0 spiro atoms. The van der Waals surface area contributed by atoms with Crippen molar-refractivity contribution in [2.75, 3.05) is 26.3 Å². The van der Waals surface area contributed by atoms with Crippen LogP contribution in [-0.4, -0.2) is 43.0 Å². The van der Waals surface area contributed by atoms with Crippen LogP contribution in [0.3, 0.4) is 0 Å². The third-order valence-electron chi connectivity index (χ3n) is 5.04. The van der Waals surface area contributed by atoms with Crippen molar-refractivity contribution in [2.24, 2.45) is 0 Å². The van der Waals surface area contributed by atoms with Crippen molar-refractivity contribution in [2.45, 2.75) is 89.8 Å². The van der Waals surface area contributed by atoms with E-state index in [0.29, 0.717) is 19.6 Å². The van der Waals surface area contributed by atoms with Gasteiger partial charge in [0, 0.05) is 19.5 Å². The molecule has 2 saturated heterocycles. The molecular formula is C19H36N2O3. The molecule has 5 heteroatoms. The van der Waals surface area contributed by atoms with Gasteiger partial charge in [0.05, 0.1) is 19.6 Å². The molecule has 2 heterocycles. The van der Waals surface area contributed by atoms with E-state index < -0.39 is 5.79 Å². The predicted molar refractivity (Wildman–Crippen MR) is 95.4 cm³/mol. The Morgan fingerprint density at radius 3 is 2.25 bits per heavy atom. The first-order valence-electron chi connectivity index (χ1n) is 10.1. The first kappa shape index (κ1) is 19.7. The molecule has 0 aromatic heterocycles. The zero-order valence-electron chi connectivity index (χ0n) is 15.5.